The molecule has 0 bridgehead atoms. The van der Waals surface area contributed by atoms with Crippen molar-refractivity contribution in [1.29, 1.82) is 5.53 Å². The predicted molar refractivity (Wildman–Crippen MR) is 91.9 cm³/mol. The van der Waals surface area contributed by atoms with Crippen LogP contribution < -0.4 is 5.73 Å². The van der Waals surface area contributed by atoms with Crippen molar-refractivity contribution in [3.63, 3.8) is 0 Å². The molecule has 0 aromatic heterocycles. The van der Waals surface area contributed by atoms with Crippen LogP contribution in [0.5, 0.6) is 0 Å². The van der Waals surface area contributed by atoms with Gasteiger partial charge in [0.2, 0.25) is 0 Å². The van der Waals surface area contributed by atoms with Gasteiger partial charge >= 0.3 is 0 Å². The fourth-order valence-electron chi connectivity index (χ4n) is 2.96. The van der Waals surface area contributed by atoms with Crippen LogP contribution in [0, 0.1) is 5.53 Å². The Morgan fingerprint density at radius 1 is 1.00 bits per heavy atom. The van der Waals surface area contributed by atoms with E-state index in [1.54, 1.807) is 48.5 Å². The lowest BCUT2D eigenvalue weighted by Gasteiger charge is -2.17. The quantitative estimate of drug-likeness (QED) is 0.493. The normalized spacial score (nSPS) is 11.6. The Hall–Kier alpha value is -2.61. The topological polar surface area (TPSA) is 117 Å². The van der Waals surface area contributed by atoms with Crippen molar-refractivity contribution in [2.75, 3.05) is 0 Å². The first kappa shape index (κ1) is 16.3. The van der Waals surface area contributed by atoms with Crippen molar-refractivity contribution >= 4 is 26.6 Å². The molecule has 0 heterocycles. The number of benzene rings is 3. The maximum Gasteiger partial charge on any atom is 0.297 e. The van der Waals surface area contributed by atoms with Crippen LogP contribution in [0.3, 0.4) is 0 Å². The number of hydrogen-bond acceptors (Lipinski definition) is 5. The predicted octanol–water partition coefficient (Wildman–Crippen LogP) is 3.87. The lowest BCUT2D eigenvalue weighted by atomic mass is 9.92. The molecule has 0 radical (unpaired) electrons. The van der Waals surface area contributed by atoms with Crippen LogP contribution in [-0.2, 0) is 16.7 Å². The lowest BCUT2D eigenvalue weighted by Crippen LogP contribution is -2.06. The number of nitrogens with zero attached hydrogens (tertiary/aromatic N) is 1. The van der Waals surface area contributed by atoms with Gasteiger partial charge in [0.05, 0.1) is 0 Å². The van der Waals surface area contributed by atoms with Crippen molar-refractivity contribution in [1.82, 2.24) is 0 Å². The smallest absolute Gasteiger partial charge is 0.297 e. The third-order valence-electron chi connectivity index (χ3n) is 3.89. The van der Waals surface area contributed by atoms with Gasteiger partial charge < -0.3 is 5.73 Å². The Morgan fingerprint density at radius 3 is 2.12 bits per heavy atom. The molecule has 0 aliphatic heterocycles. The van der Waals surface area contributed by atoms with E-state index in [0.717, 1.165) is 0 Å². The molecule has 0 aliphatic carbocycles. The molecule has 0 fully saturated rings. The third kappa shape index (κ3) is 2.58. The fraction of sp³-hybridized carbons (Fsp3) is 0.0588. The molecule has 122 valence electrons. The zero-order valence-corrected chi connectivity index (χ0v) is 13.4. The minimum atomic E-state index is -4.58. The lowest BCUT2D eigenvalue weighted by molar-refractivity contribution is 0.484. The van der Waals surface area contributed by atoms with Crippen molar-refractivity contribution in [2.45, 2.75) is 11.4 Å². The summed E-state index contributed by atoms with van der Waals surface area (Å²) in [6.45, 7) is 0.138. The first-order chi connectivity index (χ1) is 11.5. The first-order valence-corrected chi connectivity index (χ1v) is 8.61. The molecule has 3 aromatic rings. The van der Waals surface area contributed by atoms with E-state index in [4.69, 9.17) is 11.3 Å². The number of nitrogens with two attached hydrogens (primary N) is 1. The summed E-state index contributed by atoms with van der Waals surface area (Å²) in [4.78, 5) is -0.371. The highest BCUT2D eigenvalue weighted by Crippen LogP contribution is 2.44. The molecule has 4 N–H and O–H groups in total. The molecule has 0 amide bonds. The van der Waals surface area contributed by atoms with Gasteiger partial charge in [0, 0.05) is 17.5 Å². The average Bonchev–Trinajstić information content (AvgIpc) is 2.59. The summed E-state index contributed by atoms with van der Waals surface area (Å²) in [6.07, 6.45) is 0. The molecule has 7 heteroatoms. The minimum absolute atomic E-state index is 0.108. The molecule has 0 saturated carbocycles. The molecule has 0 saturated heterocycles. The highest BCUT2D eigenvalue weighted by molar-refractivity contribution is 7.86. The Labute approximate surface area is 139 Å². The number of nitrogens with one attached hydrogen (secondary N) is 1. The zero-order chi connectivity index (χ0) is 17.3. The van der Waals surface area contributed by atoms with E-state index in [1.165, 1.54) is 0 Å². The second kappa shape index (κ2) is 6.12. The van der Waals surface area contributed by atoms with Gasteiger partial charge in [-0.3, -0.25) is 4.55 Å². The van der Waals surface area contributed by atoms with Crippen LogP contribution in [0.25, 0.3) is 21.9 Å². The zero-order valence-electron chi connectivity index (χ0n) is 12.6. The van der Waals surface area contributed by atoms with Gasteiger partial charge in [0.1, 0.15) is 10.6 Å². The SMILES string of the molecule is N=Nc1c(-c2ccccc2)c(CN)c2ccccc2c1S(=O)(=O)O. The summed E-state index contributed by atoms with van der Waals surface area (Å²) < 4.78 is 33.7. The second-order valence-electron chi connectivity index (χ2n) is 5.23. The number of fused-ring (bicyclic) bond motifs is 1. The average molecular weight is 341 g/mol. The largest absolute Gasteiger partial charge is 0.326 e. The maximum atomic E-state index is 12.0. The van der Waals surface area contributed by atoms with Crippen LogP contribution in [0.15, 0.2) is 64.6 Å². The second-order valence-corrected chi connectivity index (χ2v) is 6.59. The standard InChI is InChI=1S/C17H15N3O3S/c18-10-14-12-8-4-5-9-13(12)17(24(21,22)23)16(20-19)15(14)11-6-2-1-3-7-11/h1-9,19H,10,18H2,(H,21,22,23). The summed E-state index contributed by atoms with van der Waals surface area (Å²) >= 11 is 0. The molecule has 3 rings (SSSR count). The van der Waals surface area contributed by atoms with E-state index in [9.17, 15) is 13.0 Å². The molecule has 24 heavy (non-hydrogen) atoms. The van der Waals surface area contributed by atoms with Gasteiger partial charge in [-0.1, -0.05) is 54.6 Å². The van der Waals surface area contributed by atoms with Crippen LogP contribution >= 0.6 is 0 Å². The molecule has 6 nitrogen and oxygen atoms in total. The molecule has 3 aromatic carbocycles. The molecular formula is C17H15N3O3S. The summed E-state index contributed by atoms with van der Waals surface area (Å²) in [5, 5.41) is 4.33. The molecule has 0 atom stereocenters. The van der Waals surface area contributed by atoms with E-state index in [2.05, 4.69) is 5.11 Å². The summed E-state index contributed by atoms with van der Waals surface area (Å²) in [5.74, 6) is 0. The Morgan fingerprint density at radius 2 is 1.58 bits per heavy atom. The monoisotopic (exact) mass is 341 g/mol. The van der Waals surface area contributed by atoms with Crippen LogP contribution in [0.4, 0.5) is 5.69 Å². The first-order valence-electron chi connectivity index (χ1n) is 7.17. The van der Waals surface area contributed by atoms with Gasteiger partial charge in [-0.05, 0) is 16.5 Å². The van der Waals surface area contributed by atoms with Crippen molar-refractivity contribution in [2.24, 2.45) is 10.8 Å². The Kier molecular flexibility index (Phi) is 4.15. The number of hydrogen-bond donors (Lipinski definition) is 3. The van der Waals surface area contributed by atoms with Crippen molar-refractivity contribution in [3.05, 3.63) is 60.2 Å². The third-order valence-corrected chi connectivity index (χ3v) is 4.82. The van der Waals surface area contributed by atoms with Gasteiger partial charge in [0.25, 0.3) is 10.1 Å². The van der Waals surface area contributed by atoms with Gasteiger partial charge in [0.15, 0.2) is 0 Å². The fourth-order valence-corrected chi connectivity index (χ4v) is 3.81. The van der Waals surface area contributed by atoms with Crippen molar-refractivity contribution in [3.8, 4) is 11.1 Å². The molecule has 0 unspecified atom stereocenters. The molecule has 0 aliphatic rings. The van der Waals surface area contributed by atoms with Crippen LogP contribution in [0.2, 0.25) is 0 Å². The van der Waals surface area contributed by atoms with Gasteiger partial charge in [-0.2, -0.15) is 13.5 Å². The van der Waals surface area contributed by atoms with Crippen LogP contribution in [-0.4, -0.2) is 13.0 Å². The Bertz CT molecular complexity index is 1030. The summed E-state index contributed by atoms with van der Waals surface area (Å²) in [7, 11) is -4.58. The Balaban J connectivity index is 2.63. The maximum absolute atomic E-state index is 12.0. The van der Waals surface area contributed by atoms with E-state index in [-0.39, 0.29) is 17.1 Å². The van der Waals surface area contributed by atoms with E-state index < -0.39 is 10.1 Å². The van der Waals surface area contributed by atoms with E-state index >= 15 is 0 Å². The molecule has 0 spiro atoms. The van der Waals surface area contributed by atoms with Gasteiger partial charge in [-0.25, -0.2) is 5.53 Å². The number of rotatable bonds is 4. The highest BCUT2D eigenvalue weighted by atomic mass is 32.2. The summed E-state index contributed by atoms with van der Waals surface area (Å²) in [5.41, 5.74) is 15.1. The van der Waals surface area contributed by atoms with Crippen molar-refractivity contribution < 1.29 is 13.0 Å². The van der Waals surface area contributed by atoms with Gasteiger partial charge in [-0.15, -0.1) is 0 Å². The highest BCUT2D eigenvalue weighted by Gasteiger charge is 2.26. The van der Waals surface area contributed by atoms with E-state index in [1.807, 2.05) is 6.07 Å². The van der Waals surface area contributed by atoms with E-state index in [0.29, 0.717) is 27.5 Å². The minimum Gasteiger partial charge on any atom is -0.326 e. The summed E-state index contributed by atoms with van der Waals surface area (Å²) in [6, 6.07) is 15.7. The molecular weight excluding hydrogens is 326 g/mol. The van der Waals surface area contributed by atoms with Crippen LogP contribution in [0.1, 0.15) is 5.56 Å².